The van der Waals surface area contributed by atoms with Crippen LogP contribution in [-0.4, -0.2) is 15.4 Å². The van der Waals surface area contributed by atoms with Gasteiger partial charge in [0.15, 0.2) is 0 Å². The highest BCUT2D eigenvalue weighted by Crippen LogP contribution is 2.48. The van der Waals surface area contributed by atoms with Crippen LogP contribution in [0.4, 0.5) is 0 Å². The number of hydrogen-bond acceptors (Lipinski definition) is 4. The van der Waals surface area contributed by atoms with Crippen molar-refractivity contribution in [2.24, 2.45) is 10.9 Å². The minimum absolute atomic E-state index is 0.00608. The molecule has 1 aliphatic heterocycles. The van der Waals surface area contributed by atoms with E-state index in [9.17, 15) is 0 Å². The SMILES string of the molecule is C[C@H]1C(c2ccccc2)N=C(c2cccc(-c3ccccc3)c2)NC1c1ccc(-n2c3ccccc3c3c4c(sc32)c(-c2cccc3ccccc23)nc2ccccc24)cc1. The van der Waals surface area contributed by atoms with E-state index >= 15 is 0 Å². The number of nitrogens with one attached hydrogen (secondary N) is 1. The number of para-hydroxylation sites is 2. The van der Waals surface area contributed by atoms with Crippen molar-refractivity contribution in [3.8, 4) is 28.1 Å². The van der Waals surface area contributed by atoms with Crippen molar-refractivity contribution in [3.63, 3.8) is 0 Å². The maximum Gasteiger partial charge on any atom is 0.129 e. The predicted octanol–water partition coefficient (Wildman–Crippen LogP) is 14.5. The van der Waals surface area contributed by atoms with E-state index in [4.69, 9.17) is 9.98 Å². The first-order valence-corrected chi connectivity index (χ1v) is 21.9. The van der Waals surface area contributed by atoms with E-state index in [2.05, 4.69) is 217 Å². The maximum atomic E-state index is 5.43. The monoisotopic (exact) mass is 800 g/mol. The lowest BCUT2D eigenvalue weighted by Crippen LogP contribution is -2.40. The van der Waals surface area contributed by atoms with Crippen molar-refractivity contribution in [2.45, 2.75) is 19.0 Å². The highest BCUT2D eigenvalue weighted by atomic mass is 32.1. The summed E-state index contributed by atoms with van der Waals surface area (Å²) in [5.74, 6) is 1.12. The molecule has 1 aliphatic rings. The second-order valence-corrected chi connectivity index (χ2v) is 17.2. The average molecular weight is 801 g/mol. The standard InChI is InChI=1S/C56H40N4S/c1-35-51(38-19-6-3-7-20-38)58-55(41-23-14-22-40(34-41)36-16-4-2-5-17-36)59-52(35)39-30-32-42(33-31-39)60-48-29-13-11-26-46(48)50-49-45-25-10-12-28-47(45)57-53(54(49)61-56(50)60)44-27-15-21-37-18-8-9-24-43(37)44/h2-35,51-52H,1H3,(H,58,59)/t35-,51?,52?/m0/s1. The topological polar surface area (TPSA) is 42.2 Å². The zero-order chi connectivity index (χ0) is 40.4. The zero-order valence-corrected chi connectivity index (χ0v) is 34.4. The fourth-order valence-electron chi connectivity index (χ4n) is 9.70. The molecule has 8 aromatic carbocycles. The summed E-state index contributed by atoms with van der Waals surface area (Å²) < 4.78 is 3.68. The van der Waals surface area contributed by atoms with E-state index in [0.717, 1.165) is 33.9 Å². The highest BCUT2D eigenvalue weighted by molar-refractivity contribution is 7.26. The third-order valence-corrected chi connectivity index (χ3v) is 13.8. The predicted molar refractivity (Wildman–Crippen MR) is 257 cm³/mol. The summed E-state index contributed by atoms with van der Waals surface area (Å²) in [6.45, 7) is 2.33. The van der Waals surface area contributed by atoms with E-state index in [1.54, 1.807) is 0 Å². The third-order valence-electron chi connectivity index (χ3n) is 12.7. The van der Waals surface area contributed by atoms with Gasteiger partial charge in [0.2, 0.25) is 0 Å². The molecular formula is C56H40N4S. The molecule has 0 aliphatic carbocycles. The van der Waals surface area contributed by atoms with Crippen molar-refractivity contribution < 1.29 is 0 Å². The summed E-state index contributed by atoms with van der Waals surface area (Å²) in [4.78, 5) is 12.1. The molecule has 4 nitrogen and oxygen atoms in total. The Balaban J connectivity index is 1.000. The number of hydrogen-bond donors (Lipinski definition) is 1. The molecule has 5 heteroatoms. The number of fused-ring (bicyclic) bond motifs is 8. The Morgan fingerprint density at radius 2 is 1.20 bits per heavy atom. The van der Waals surface area contributed by atoms with Crippen LogP contribution in [0.3, 0.4) is 0 Å². The first-order chi connectivity index (χ1) is 30.2. The minimum atomic E-state index is -0.00608. The molecule has 1 N–H and O–H groups in total. The molecule has 0 fully saturated rings. The highest BCUT2D eigenvalue weighted by Gasteiger charge is 2.34. The van der Waals surface area contributed by atoms with Crippen molar-refractivity contribution in [1.29, 1.82) is 0 Å². The molecule has 0 radical (unpaired) electrons. The number of thiophene rings is 1. The lowest BCUT2D eigenvalue weighted by Gasteiger charge is -2.36. The normalized spacial score (nSPS) is 16.7. The molecule has 12 rings (SSSR count). The van der Waals surface area contributed by atoms with Gasteiger partial charge in [-0.3, -0.25) is 4.99 Å². The molecule has 0 saturated carbocycles. The quantitative estimate of drug-likeness (QED) is 0.182. The van der Waals surface area contributed by atoms with Gasteiger partial charge in [-0.2, -0.15) is 0 Å². The second kappa shape index (κ2) is 14.4. The fourth-order valence-corrected chi connectivity index (χ4v) is 11.1. The summed E-state index contributed by atoms with van der Waals surface area (Å²) in [6, 6.07) is 72.1. The number of amidine groups is 1. The van der Waals surface area contributed by atoms with Crippen molar-refractivity contribution in [1.82, 2.24) is 14.9 Å². The third kappa shape index (κ3) is 5.88. The van der Waals surface area contributed by atoms with Crippen LogP contribution in [0, 0.1) is 5.92 Å². The van der Waals surface area contributed by atoms with Crippen LogP contribution in [0.2, 0.25) is 0 Å². The van der Waals surface area contributed by atoms with Crippen LogP contribution < -0.4 is 5.32 Å². The lowest BCUT2D eigenvalue weighted by atomic mass is 9.83. The Morgan fingerprint density at radius 3 is 2.03 bits per heavy atom. The number of pyridine rings is 1. The van der Waals surface area contributed by atoms with E-state index in [-0.39, 0.29) is 18.0 Å². The van der Waals surface area contributed by atoms with E-state index in [1.165, 1.54) is 69.6 Å². The van der Waals surface area contributed by atoms with E-state index in [0.29, 0.717) is 0 Å². The molecule has 2 unspecified atom stereocenters. The van der Waals surface area contributed by atoms with Gasteiger partial charge in [0, 0.05) is 44.3 Å². The number of nitrogens with zero attached hydrogens (tertiary/aromatic N) is 3. The molecular weight excluding hydrogens is 761 g/mol. The van der Waals surface area contributed by atoms with Crippen LogP contribution >= 0.6 is 11.3 Å². The largest absolute Gasteiger partial charge is 0.363 e. The van der Waals surface area contributed by atoms with Gasteiger partial charge in [0.05, 0.1) is 33.5 Å². The number of aliphatic imine (C=N–C) groups is 1. The lowest BCUT2D eigenvalue weighted by molar-refractivity contribution is 0.348. The summed E-state index contributed by atoms with van der Waals surface area (Å²) in [7, 11) is 0. The maximum absolute atomic E-state index is 5.43. The summed E-state index contributed by atoms with van der Waals surface area (Å²) in [5.41, 5.74) is 11.5. The molecule has 11 aromatic rings. The van der Waals surface area contributed by atoms with Crippen LogP contribution in [0.25, 0.3) is 81.0 Å². The van der Waals surface area contributed by atoms with E-state index < -0.39 is 0 Å². The molecule has 0 saturated heterocycles. The van der Waals surface area contributed by atoms with Crippen molar-refractivity contribution in [3.05, 3.63) is 217 Å². The van der Waals surface area contributed by atoms with Gasteiger partial charge in [-0.25, -0.2) is 4.98 Å². The Hall–Kier alpha value is -7.34. The van der Waals surface area contributed by atoms with Crippen molar-refractivity contribution in [2.75, 3.05) is 0 Å². The van der Waals surface area contributed by atoms with Gasteiger partial charge in [0.1, 0.15) is 10.7 Å². The Bertz CT molecular complexity index is 3470. The molecule has 4 heterocycles. The van der Waals surface area contributed by atoms with Gasteiger partial charge >= 0.3 is 0 Å². The molecule has 0 bridgehead atoms. The molecule has 3 aromatic heterocycles. The average Bonchev–Trinajstić information content (AvgIpc) is 3.87. The fraction of sp³-hybridized carbons (Fsp3) is 0.0714. The summed E-state index contributed by atoms with van der Waals surface area (Å²) in [5, 5.41) is 11.4. The number of benzene rings is 8. The second-order valence-electron chi connectivity index (χ2n) is 16.2. The van der Waals surface area contributed by atoms with Gasteiger partial charge in [-0.1, -0.05) is 177 Å². The Kier molecular flexibility index (Phi) is 8.42. The van der Waals surface area contributed by atoms with Crippen LogP contribution in [-0.2, 0) is 0 Å². The van der Waals surface area contributed by atoms with Crippen LogP contribution in [0.5, 0.6) is 0 Å². The van der Waals surface area contributed by atoms with Gasteiger partial charge in [-0.15, -0.1) is 11.3 Å². The van der Waals surface area contributed by atoms with Gasteiger partial charge < -0.3 is 9.88 Å². The summed E-state index contributed by atoms with van der Waals surface area (Å²) in [6.07, 6.45) is 0. The first kappa shape index (κ1) is 35.6. The minimum Gasteiger partial charge on any atom is -0.363 e. The Morgan fingerprint density at radius 1 is 0.541 bits per heavy atom. The molecule has 0 amide bonds. The van der Waals surface area contributed by atoms with Crippen molar-refractivity contribution >= 4 is 70.1 Å². The van der Waals surface area contributed by atoms with Gasteiger partial charge in [0.25, 0.3) is 0 Å². The van der Waals surface area contributed by atoms with Crippen LogP contribution in [0.1, 0.15) is 35.7 Å². The number of aromatic nitrogens is 2. The summed E-state index contributed by atoms with van der Waals surface area (Å²) >= 11 is 1.85. The molecule has 290 valence electrons. The van der Waals surface area contributed by atoms with Gasteiger partial charge in [-0.05, 0) is 63.4 Å². The first-order valence-electron chi connectivity index (χ1n) is 21.1. The molecule has 3 atom stereocenters. The molecule has 61 heavy (non-hydrogen) atoms. The Labute approximate surface area is 358 Å². The van der Waals surface area contributed by atoms with Crippen LogP contribution in [0.15, 0.2) is 205 Å². The zero-order valence-electron chi connectivity index (χ0n) is 33.5. The molecule has 0 spiro atoms. The smallest absolute Gasteiger partial charge is 0.129 e. The van der Waals surface area contributed by atoms with E-state index in [1.807, 2.05) is 11.3 Å². The number of rotatable bonds is 6.